The van der Waals surface area contributed by atoms with Crippen LogP contribution < -0.4 is 14.8 Å². The van der Waals surface area contributed by atoms with Gasteiger partial charge in [0.1, 0.15) is 0 Å². The van der Waals surface area contributed by atoms with Crippen LogP contribution >= 0.6 is 0 Å². The highest BCUT2D eigenvalue weighted by atomic mass is 32.2. The number of nitrogens with one attached hydrogen (secondary N) is 1. The normalized spacial score (nSPS) is 20.8. The molecule has 112 valence electrons. The van der Waals surface area contributed by atoms with Crippen LogP contribution in [0.3, 0.4) is 0 Å². The molecule has 1 atom stereocenters. The Hall–Kier alpha value is -1.27. The lowest BCUT2D eigenvalue weighted by atomic mass is 10.1. The van der Waals surface area contributed by atoms with Crippen molar-refractivity contribution < 1.29 is 17.9 Å². The predicted octanol–water partition coefficient (Wildman–Crippen LogP) is 1.23. The summed E-state index contributed by atoms with van der Waals surface area (Å²) in [5.74, 6) is 2.29. The van der Waals surface area contributed by atoms with Gasteiger partial charge in [0.15, 0.2) is 21.3 Å². The summed E-state index contributed by atoms with van der Waals surface area (Å²) in [5.41, 5.74) is 1.09. The van der Waals surface area contributed by atoms with E-state index in [2.05, 4.69) is 5.32 Å². The van der Waals surface area contributed by atoms with Crippen LogP contribution in [0.5, 0.6) is 11.5 Å². The monoisotopic (exact) mass is 299 g/mol. The molecule has 1 N–H and O–H groups in total. The average molecular weight is 299 g/mol. The van der Waals surface area contributed by atoms with E-state index in [0.717, 1.165) is 18.5 Å². The second-order valence-corrected chi connectivity index (χ2v) is 7.32. The Balaban J connectivity index is 1.85. The van der Waals surface area contributed by atoms with E-state index < -0.39 is 9.84 Å². The topological polar surface area (TPSA) is 64.6 Å². The first-order valence-corrected chi connectivity index (χ1v) is 8.48. The fourth-order valence-corrected chi connectivity index (χ4v) is 4.31. The minimum Gasteiger partial charge on any atom is -0.493 e. The van der Waals surface area contributed by atoms with Gasteiger partial charge in [-0.25, -0.2) is 8.42 Å². The Bertz CT molecular complexity index is 556. The summed E-state index contributed by atoms with van der Waals surface area (Å²) in [4.78, 5) is 0. The van der Waals surface area contributed by atoms with Crippen LogP contribution in [0.4, 0.5) is 0 Å². The number of rotatable bonds is 6. The molecule has 1 aromatic rings. The summed E-state index contributed by atoms with van der Waals surface area (Å²) in [7, 11) is 0.430. The summed E-state index contributed by atoms with van der Waals surface area (Å²) in [6.07, 6.45) is 0.765. The third-order valence-corrected chi connectivity index (χ3v) is 5.37. The third-order valence-electron chi connectivity index (χ3n) is 3.54. The molecule has 0 saturated carbocycles. The van der Waals surface area contributed by atoms with Crippen molar-refractivity contribution in [3.8, 4) is 11.5 Å². The molecule has 1 aliphatic rings. The van der Waals surface area contributed by atoms with Crippen LogP contribution in [0.25, 0.3) is 0 Å². The maximum atomic E-state index is 11.4. The standard InChI is InChI=1S/C14H21NO4S/c1-18-13-4-3-11(7-14(13)19-2)8-15-9-12-5-6-20(16,17)10-12/h3-4,7,12,15H,5-6,8-10H2,1-2H3. The number of hydrogen-bond acceptors (Lipinski definition) is 5. The second-order valence-electron chi connectivity index (χ2n) is 5.09. The summed E-state index contributed by atoms with van der Waals surface area (Å²) < 4.78 is 33.2. The molecule has 5 nitrogen and oxygen atoms in total. The molecule has 0 spiro atoms. The van der Waals surface area contributed by atoms with Crippen LogP contribution in [-0.4, -0.2) is 40.7 Å². The van der Waals surface area contributed by atoms with Gasteiger partial charge in [-0.1, -0.05) is 6.07 Å². The molecule has 0 bridgehead atoms. The van der Waals surface area contributed by atoms with E-state index in [1.165, 1.54) is 0 Å². The third kappa shape index (κ3) is 3.86. The number of sulfone groups is 1. The quantitative estimate of drug-likeness (QED) is 0.856. The second kappa shape index (κ2) is 6.45. The predicted molar refractivity (Wildman–Crippen MR) is 78.0 cm³/mol. The molecule has 1 heterocycles. The highest BCUT2D eigenvalue weighted by Crippen LogP contribution is 2.27. The van der Waals surface area contributed by atoms with Crippen molar-refractivity contribution in [2.45, 2.75) is 13.0 Å². The van der Waals surface area contributed by atoms with E-state index >= 15 is 0 Å². The Morgan fingerprint density at radius 3 is 2.60 bits per heavy atom. The van der Waals surface area contributed by atoms with E-state index in [-0.39, 0.29) is 5.92 Å². The van der Waals surface area contributed by atoms with Gasteiger partial charge in [0, 0.05) is 6.54 Å². The van der Waals surface area contributed by atoms with Crippen molar-refractivity contribution in [3.05, 3.63) is 23.8 Å². The van der Waals surface area contributed by atoms with Gasteiger partial charge in [-0.05, 0) is 36.6 Å². The molecule has 1 saturated heterocycles. The van der Waals surface area contributed by atoms with E-state index in [0.29, 0.717) is 29.5 Å². The zero-order chi connectivity index (χ0) is 14.6. The Labute approximate surface area is 120 Å². The zero-order valence-corrected chi connectivity index (χ0v) is 12.7. The molecular formula is C14H21NO4S. The average Bonchev–Trinajstić information content (AvgIpc) is 2.78. The molecule has 1 unspecified atom stereocenters. The molecule has 2 rings (SSSR count). The fraction of sp³-hybridized carbons (Fsp3) is 0.571. The fourth-order valence-electron chi connectivity index (χ4n) is 2.44. The van der Waals surface area contributed by atoms with Crippen molar-refractivity contribution >= 4 is 9.84 Å². The first-order chi connectivity index (χ1) is 9.54. The molecule has 6 heteroatoms. The van der Waals surface area contributed by atoms with Crippen LogP contribution in [-0.2, 0) is 16.4 Å². The molecule has 20 heavy (non-hydrogen) atoms. The smallest absolute Gasteiger partial charge is 0.161 e. The van der Waals surface area contributed by atoms with Crippen LogP contribution in [0.2, 0.25) is 0 Å². The van der Waals surface area contributed by atoms with E-state index in [4.69, 9.17) is 9.47 Å². The first-order valence-electron chi connectivity index (χ1n) is 6.66. The number of hydrogen-bond donors (Lipinski definition) is 1. The van der Waals surface area contributed by atoms with Crippen LogP contribution in [0, 0.1) is 5.92 Å². The summed E-state index contributed by atoms with van der Waals surface area (Å²) in [6.45, 7) is 1.42. The van der Waals surface area contributed by atoms with Crippen molar-refractivity contribution in [1.82, 2.24) is 5.32 Å². The highest BCUT2D eigenvalue weighted by molar-refractivity contribution is 7.91. The van der Waals surface area contributed by atoms with Gasteiger partial charge in [-0.3, -0.25) is 0 Å². The van der Waals surface area contributed by atoms with Gasteiger partial charge in [0.25, 0.3) is 0 Å². The van der Waals surface area contributed by atoms with Crippen molar-refractivity contribution in [1.29, 1.82) is 0 Å². The lowest BCUT2D eigenvalue weighted by molar-refractivity contribution is 0.354. The van der Waals surface area contributed by atoms with E-state index in [1.807, 2.05) is 18.2 Å². The number of ether oxygens (including phenoxy) is 2. The van der Waals surface area contributed by atoms with Gasteiger partial charge in [-0.15, -0.1) is 0 Å². The van der Waals surface area contributed by atoms with Crippen molar-refractivity contribution in [3.63, 3.8) is 0 Å². The van der Waals surface area contributed by atoms with E-state index in [1.54, 1.807) is 14.2 Å². The SMILES string of the molecule is COc1ccc(CNCC2CCS(=O)(=O)C2)cc1OC. The Kier molecular flexibility index (Phi) is 4.88. The molecule has 0 amide bonds. The lowest BCUT2D eigenvalue weighted by Crippen LogP contribution is -2.23. The van der Waals surface area contributed by atoms with Crippen molar-refractivity contribution in [2.24, 2.45) is 5.92 Å². The van der Waals surface area contributed by atoms with Gasteiger partial charge in [0.05, 0.1) is 25.7 Å². The Morgan fingerprint density at radius 1 is 1.25 bits per heavy atom. The molecule has 0 aromatic heterocycles. The highest BCUT2D eigenvalue weighted by Gasteiger charge is 2.27. The van der Waals surface area contributed by atoms with Gasteiger partial charge >= 0.3 is 0 Å². The minimum absolute atomic E-state index is 0.236. The molecule has 1 aromatic carbocycles. The molecular weight excluding hydrogens is 278 g/mol. The van der Waals surface area contributed by atoms with Gasteiger partial charge < -0.3 is 14.8 Å². The molecule has 1 aliphatic heterocycles. The van der Waals surface area contributed by atoms with Gasteiger partial charge in [0.2, 0.25) is 0 Å². The van der Waals surface area contributed by atoms with Crippen molar-refractivity contribution in [2.75, 3.05) is 32.3 Å². The zero-order valence-electron chi connectivity index (χ0n) is 11.9. The first kappa shape index (κ1) is 15.1. The van der Waals surface area contributed by atoms with Gasteiger partial charge in [-0.2, -0.15) is 0 Å². The summed E-state index contributed by atoms with van der Waals surface area (Å²) in [5, 5.41) is 3.31. The Morgan fingerprint density at radius 2 is 2.00 bits per heavy atom. The molecule has 1 fully saturated rings. The molecule has 0 radical (unpaired) electrons. The maximum Gasteiger partial charge on any atom is 0.161 e. The summed E-state index contributed by atoms with van der Waals surface area (Å²) >= 11 is 0. The largest absolute Gasteiger partial charge is 0.493 e. The van der Waals surface area contributed by atoms with Crippen LogP contribution in [0.15, 0.2) is 18.2 Å². The molecule has 0 aliphatic carbocycles. The number of methoxy groups -OCH3 is 2. The summed E-state index contributed by atoms with van der Waals surface area (Å²) in [6, 6.07) is 5.77. The lowest BCUT2D eigenvalue weighted by Gasteiger charge is -2.12. The number of benzene rings is 1. The maximum absolute atomic E-state index is 11.4. The minimum atomic E-state index is -2.79. The van der Waals surface area contributed by atoms with Crippen LogP contribution in [0.1, 0.15) is 12.0 Å². The van der Waals surface area contributed by atoms with E-state index in [9.17, 15) is 8.42 Å².